The summed E-state index contributed by atoms with van der Waals surface area (Å²) >= 11 is 0. The molecule has 1 atom stereocenters. The highest BCUT2D eigenvalue weighted by atomic mass is 16.5. The molecule has 1 saturated heterocycles. The lowest BCUT2D eigenvalue weighted by atomic mass is 10.0. The molecule has 0 radical (unpaired) electrons. The summed E-state index contributed by atoms with van der Waals surface area (Å²) in [5.74, 6) is 0.819. The maximum absolute atomic E-state index is 12.1. The summed E-state index contributed by atoms with van der Waals surface area (Å²) in [6.45, 7) is 6.61. The lowest BCUT2D eigenvalue weighted by Gasteiger charge is -2.34. The van der Waals surface area contributed by atoms with Gasteiger partial charge in [-0.05, 0) is 39.3 Å². The summed E-state index contributed by atoms with van der Waals surface area (Å²) in [6, 6.07) is 7.94. The van der Waals surface area contributed by atoms with Crippen LogP contribution in [0.25, 0.3) is 0 Å². The zero-order valence-corrected chi connectivity index (χ0v) is 13.0. The lowest BCUT2D eigenvalue weighted by molar-refractivity contribution is -0.151. The minimum absolute atomic E-state index is 0.0916. The third kappa shape index (κ3) is 4.21. The Labute approximate surface area is 127 Å². The summed E-state index contributed by atoms with van der Waals surface area (Å²) in [4.78, 5) is 14.3. The van der Waals surface area contributed by atoms with Crippen LogP contribution in [0.3, 0.4) is 0 Å². The van der Waals surface area contributed by atoms with Gasteiger partial charge in [0, 0.05) is 12.1 Å². The molecule has 1 fully saturated rings. The van der Waals surface area contributed by atoms with E-state index in [0.29, 0.717) is 13.2 Å². The van der Waals surface area contributed by atoms with Crippen molar-refractivity contribution in [3.8, 4) is 5.75 Å². The molecule has 1 aromatic carbocycles. The fourth-order valence-electron chi connectivity index (χ4n) is 2.84. The van der Waals surface area contributed by atoms with E-state index in [0.717, 1.165) is 43.7 Å². The Bertz CT molecular complexity index is 461. The number of para-hydroxylation sites is 1. The van der Waals surface area contributed by atoms with Gasteiger partial charge in [0.15, 0.2) is 0 Å². The molecule has 4 heteroatoms. The molecule has 1 aliphatic heterocycles. The van der Waals surface area contributed by atoms with Gasteiger partial charge in [0.25, 0.3) is 0 Å². The molecule has 116 valence electrons. The van der Waals surface area contributed by atoms with Gasteiger partial charge in [-0.25, -0.2) is 0 Å². The van der Waals surface area contributed by atoms with Crippen LogP contribution in [0.15, 0.2) is 24.3 Å². The molecular weight excluding hydrogens is 266 g/mol. The monoisotopic (exact) mass is 291 g/mol. The van der Waals surface area contributed by atoms with Crippen molar-refractivity contribution in [2.45, 2.75) is 45.7 Å². The van der Waals surface area contributed by atoms with Crippen molar-refractivity contribution in [2.24, 2.45) is 0 Å². The summed E-state index contributed by atoms with van der Waals surface area (Å²) in [6.07, 6.45) is 3.11. The summed E-state index contributed by atoms with van der Waals surface area (Å²) in [5, 5.41) is 0. The smallest absolute Gasteiger partial charge is 0.323 e. The number of hydrogen-bond acceptors (Lipinski definition) is 4. The van der Waals surface area contributed by atoms with Gasteiger partial charge in [0.1, 0.15) is 11.8 Å². The molecule has 2 rings (SSSR count). The topological polar surface area (TPSA) is 38.8 Å². The Kier molecular flexibility index (Phi) is 6.05. The molecule has 0 N–H and O–H groups in total. The van der Waals surface area contributed by atoms with Gasteiger partial charge in [-0.1, -0.05) is 24.6 Å². The second kappa shape index (κ2) is 8.03. The van der Waals surface area contributed by atoms with E-state index in [4.69, 9.17) is 9.47 Å². The fourth-order valence-corrected chi connectivity index (χ4v) is 2.84. The minimum Gasteiger partial charge on any atom is -0.494 e. The van der Waals surface area contributed by atoms with Crippen molar-refractivity contribution < 1.29 is 14.3 Å². The SMILES string of the molecule is CCOC(=O)[C@@H]1CCCCN1Cc1ccccc1OCC. The van der Waals surface area contributed by atoms with Crippen LogP contribution in [0.2, 0.25) is 0 Å². The highest BCUT2D eigenvalue weighted by Gasteiger charge is 2.30. The number of carbonyl (C=O) groups is 1. The first-order chi connectivity index (χ1) is 10.3. The van der Waals surface area contributed by atoms with Crippen LogP contribution in [-0.2, 0) is 16.1 Å². The van der Waals surface area contributed by atoms with E-state index in [1.54, 1.807) is 0 Å². The van der Waals surface area contributed by atoms with Crippen molar-refractivity contribution in [2.75, 3.05) is 19.8 Å². The molecule has 1 aliphatic rings. The van der Waals surface area contributed by atoms with Crippen molar-refractivity contribution in [1.82, 2.24) is 4.90 Å². The maximum atomic E-state index is 12.1. The molecule has 0 unspecified atom stereocenters. The number of piperidine rings is 1. The molecule has 0 aromatic heterocycles. The Balaban J connectivity index is 2.10. The Morgan fingerprint density at radius 2 is 2.05 bits per heavy atom. The van der Waals surface area contributed by atoms with Gasteiger partial charge in [0.2, 0.25) is 0 Å². The van der Waals surface area contributed by atoms with Crippen molar-refractivity contribution in [3.05, 3.63) is 29.8 Å². The normalized spacial score (nSPS) is 19.2. The lowest BCUT2D eigenvalue weighted by Crippen LogP contribution is -2.45. The average molecular weight is 291 g/mol. The zero-order chi connectivity index (χ0) is 15.1. The highest BCUT2D eigenvalue weighted by Crippen LogP contribution is 2.25. The van der Waals surface area contributed by atoms with Crippen molar-refractivity contribution >= 4 is 5.97 Å². The van der Waals surface area contributed by atoms with E-state index < -0.39 is 0 Å². The number of carbonyl (C=O) groups excluding carboxylic acids is 1. The molecule has 0 amide bonds. The third-order valence-electron chi connectivity index (χ3n) is 3.82. The largest absolute Gasteiger partial charge is 0.494 e. The molecule has 1 heterocycles. The first-order valence-corrected chi connectivity index (χ1v) is 7.87. The quantitative estimate of drug-likeness (QED) is 0.755. The summed E-state index contributed by atoms with van der Waals surface area (Å²) < 4.78 is 10.9. The number of likely N-dealkylation sites (tertiary alicyclic amines) is 1. The molecule has 21 heavy (non-hydrogen) atoms. The van der Waals surface area contributed by atoms with E-state index in [9.17, 15) is 4.79 Å². The number of hydrogen-bond donors (Lipinski definition) is 0. The van der Waals surface area contributed by atoms with Gasteiger partial charge in [-0.3, -0.25) is 9.69 Å². The molecular formula is C17H25NO3. The molecule has 0 saturated carbocycles. The van der Waals surface area contributed by atoms with Gasteiger partial charge < -0.3 is 9.47 Å². The summed E-state index contributed by atoms with van der Waals surface area (Å²) in [5.41, 5.74) is 1.13. The molecule has 0 bridgehead atoms. The van der Waals surface area contributed by atoms with E-state index in [2.05, 4.69) is 11.0 Å². The van der Waals surface area contributed by atoms with E-state index in [1.165, 1.54) is 0 Å². The van der Waals surface area contributed by atoms with Crippen LogP contribution < -0.4 is 4.74 Å². The van der Waals surface area contributed by atoms with Crippen LogP contribution >= 0.6 is 0 Å². The predicted octanol–water partition coefficient (Wildman–Crippen LogP) is 3.00. The second-order valence-electron chi connectivity index (χ2n) is 5.27. The van der Waals surface area contributed by atoms with Crippen LogP contribution in [0.4, 0.5) is 0 Å². The van der Waals surface area contributed by atoms with E-state index in [-0.39, 0.29) is 12.0 Å². The predicted molar refractivity (Wildman–Crippen MR) is 82.3 cm³/mol. The maximum Gasteiger partial charge on any atom is 0.323 e. The standard InChI is InChI=1S/C17H25NO3/c1-3-20-16-11-6-5-9-14(16)13-18-12-8-7-10-15(18)17(19)21-4-2/h5-6,9,11,15H,3-4,7-8,10,12-13H2,1-2H3/t15-/m0/s1. The highest BCUT2D eigenvalue weighted by molar-refractivity contribution is 5.75. The molecule has 4 nitrogen and oxygen atoms in total. The van der Waals surface area contributed by atoms with Gasteiger partial charge in [-0.2, -0.15) is 0 Å². The van der Waals surface area contributed by atoms with Gasteiger partial charge in [0.05, 0.1) is 13.2 Å². The van der Waals surface area contributed by atoms with Crippen molar-refractivity contribution in [1.29, 1.82) is 0 Å². The Hall–Kier alpha value is -1.55. The fraction of sp³-hybridized carbons (Fsp3) is 0.588. The first kappa shape index (κ1) is 15.8. The van der Waals surface area contributed by atoms with Crippen molar-refractivity contribution in [3.63, 3.8) is 0 Å². The van der Waals surface area contributed by atoms with E-state index in [1.807, 2.05) is 32.0 Å². The van der Waals surface area contributed by atoms with Gasteiger partial charge >= 0.3 is 5.97 Å². The number of benzene rings is 1. The number of ether oxygens (including phenoxy) is 2. The van der Waals surface area contributed by atoms with Crippen LogP contribution in [0.1, 0.15) is 38.7 Å². The average Bonchev–Trinajstić information content (AvgIpc) is 2.50. The number of esters is 1. The van der Waals surface area contributed by atoms with Crippen LogP contribution in [0.5, 0.6) is 5.75 Å². The summed E-state index contributed by atoms with van der Waals surface area (Å²) in [7, 11) is 0. The van der Waals surface area contributed by atoms with Crippen LogP contribution in [0, 0.1) is 0 Å². The minimum atomic E-state index is -0.117. The Morgan fingerprint density at radius 3 is 2.81 bits per heavy atom. The first-order valence-electron chi connectivity index (χ1n) is 7.87. The number of rotatable bonds is 6. The van der Waals surface area contributed by atoms with E-state index >= 15 is 0 Å². The molecule has 0 spiro atoms. The molecule has 0 aliphatic carbocycles. The third-order valence-corrected chi connectivity index (χ3v) is 3.82. The van der Waals surface area contributed by atoms with Crippen LogP contribution in [-0.4, -0.2) is 36.7 Å². The van der Waals surface area contributed by atoms with Gasteiger partial charge in [-0.15, -0.1) is 0 Å². The number of nitrogens with zero attached hydrogens (tertiary/aromatic N) is 1. The Morgan fingerprint density at radius 1 is 1.24 bits per heavy atom. The molecule has 1 aromatic rings. The second-order valence-corrected chi connectivity index (χ2v) is 5.27. The zero-order valence-electron chi connectivity index (χ0n) is 13.0.